The van der Waals surface area contributed by atoms with Crippen molar-refractivity contribution in [3.63, 3.8) is 0 Å². The standard InChI is InChI=1S/C12H17NO/c1-2-10-7-9-4-3-8-5-6-13-11(8)12(9)14-10/h7-8,11,13H,2-6H2,1H3. The van der Waals surface area contributed by atoms with Gasteiger partial charge in [-0.05, 0) is 43.4 Å². The fourth-order valence-corrected chi connectivity index (χ4v) is 2.85. The molecule has 2 atom stereocenters. The van der Waals surface area contributed by atoms with E-state index in [2.05, 4.69) is 18.3 Å². The van der Waals surface area contributed by atoms with E-state index in [0.29, 0.717) is 6.04 Å². The zero-order chi connectivity index (χ0) is 9.54. The van der Waals surface area contributed by atoms with Crippen molar-refractivity contribution < 1.29 is 4.42 Å². The fourth-order valence-electron chi connectivity index (χ4n) is 2.85. The largest absolute Gasteiger partial charge is 0.464 e. The van der Waals surface area contributed by atoms with E-state index in [1.165, 1.54) is 30.6 Å². The van der Waals surface area contributed by atoms with Gasteiger partial charge in [0, 0.05) is 6.42 Å². The van der Waals surface area contributed by atoms with Gasteiger partial charge in [-0.15, -0.1) is 0 Å². The van der Waals surface area contributed by atoms with Crippen molar-refractivity contribution in [1.82, 2.24) is 5.32 Å². The van der Waals surface area contributed by atoms with Gasteiger partial charge in [-0.2, -0.15) is 0 Å². The average Bonchev–Trinajstić information content (AvgIpc) is 2.82. The predicted octanol–water partition coefficient (Wildman–Crippen LogP) is 2.44. The van der Waals surface area contributed by atoms with Crippen LogP contribution in [0.1, 0.15) is 42.9 Å². The van der Waals surface area contributed by atoms with Crippen LogP contribution in [-0.4, -0.2) is 6.54 Å². The van der Waals surface area contributed by atoms with Crippen molar-refractivity contribution in [2.24, 2.45) is 5.92 Å². The Morgan fingerprint density at radius 1 is 1.50 bits per heavy atom. The second kappa shape index (κ2) is 3.13. The summed E-state index contributed by atoms with van der Waals surface area (Å²) in [4.78, 5) is 0. The van der Waals surface area contributed by atoms with Crippen molar-refractivity contribution >= 4 is 0 Å². The minimum absolute atomic E-state index is 0.527. The summed E-state index contributed by atoms with van der Waals surface area (Å²) < 4.78 is 5.91. The molecule has 2 aliphatic rings. The predicted molar refractivity (Wildman–Crippen MR) is 55.3 cm³/mol. The maximum absolute atomic E-state index is 5.91. The van der Waals surface area contributed by atoms with Gasteiger partial charge >= 0.3 is 0 Å². The van der Waals surface area contributed by atoms with E-state index in [9.17, 15) is 0 Å². The summed E-state index contributed by atoms with van der Waals surface area (Å²) in [5.41, 5.74) is 1.46. The number of furan rings is 1. The number of aryl methyl sites for hydroxylation is 2. The van der Waals surface area contributed by atoms with E-state index >= 15 is 0 Å². The monoisotopic (exact) mass is 191 g/mol. The van der Waals surface area contributed by atoms with Gasteiger partial charge in [0.1, 0.15) is 11.5 Å². The highest BCUT2D eigenvalue weighted by molar-refractivity contribution is 5.28. The fraction of sp³-hybridized carbons (Fsp3) is 0.667. The SMILES string of the molecule is CCc1cc2c(o1)C1NCCC1CC2. The smallest absolute Gasteiger partial charge is 0.124 e. The molecule has 1 aromatic heterocycles. The van der Waals surface area contributed by atoms with Crippen LogP contribution >= 0.6 is 0 Å². The number of fused-ring (bicyclic) bond motifs is 3. The lowest BCUT2D eigenvalue weighted by molar-refractivity contribution is 0.328. The van der Waals surface area contributed by atoms with Crippen LogP contribution in [0.3, 0.4) is 0 Å². The summed E-state index contributed by atoms with van der Waals surface area (Å²) >= 11 is 0. The zero-order valence-electron chi connectivity index (χ0n) is 8.68. The first-order chi connectivity index (χ1) is 6.88. The summed E-state index contributed by atoms with van der Waals surface area (Å²) in [5, 5.41) is 3.56. The maximum Gasteiger partial charge on any atom is 0.124 e. The van der Waals surface area contributed by atoms with E-state index in [-0.39, 0.29) is 0 Å². The van der Waals surface area contributed by atoms with Crippen molar-refractivity contribution in [1.29, 1.82) is 0 Å². The first kappa shape index (κ1) is 8.54. The van der Waals surface area contributed by atoms with E-state index in [4.69, 9.17) is 4.42 Å². The molecule has 1 aliphatic carbocycles. The molecule has 0 radical (unpaired) electrons. The molecule has 76 valence electrons. The first-order valence-corrected chi connectivity index (χ1v) is 5.73. The molecule has 2 unspecified atom stereocenters. The molecule has 1 saturated heterocycles. The van der Waals surface area contributed by atoms with Gasteiger partial charge in [0.25, 0.3) is 0 Å². The van der Waals surface area contributed by atoms with E-state index in [1.807, 2.05) is 0 Å². The molecule has 1 fully saturated rings. The van der Waals surface area contributed by atoms with Gasteiger partial charge in [-0.25, -0.2) is 0 Å². The van der Waals surface area contributed by atoms with Crippen LogP contribution in [0.15, 0.2) is 10.5 Å². The molecule has 0 bridgehead atoms. The molecule has 2 heteroatoms. The van der Waals surface area contributed by atoms with Crippen LogP contribution in [-0.2, 0) is 12.8 Å². The van der Waals surface area contributed by atoms with Gasteiger partial charge in [0.05, 0.1) is 6.04 Å². The third kappa shape index (κ3) is 1.13. The molecular formula is C12H17NO. The lowest BCUT2D eigenvalue weighted by Gasteiger charge is -2.23. The molecule has 2 heterocycles. The van der Waals surface area contributed by atoms with Crippen LogP contribution in [0, 0.1) is 5.92 Å². The molecule has 0 spiro atoms. The summed E-state index contributed by atoms with van der Waals surface area (Å²) in [7, 11) is 0. The minimum Gasteiger partial charge on any atom is -0.464 e. The van der Waals surface area contributed by atoms with Crippen LogP contribution in [0.4, 0.5) is 0 Å². The van der Waals surface area contributed by atoms with Crippen LogP contribution in [0.5, 0.6) is 0 Å². The number of rotatable bonds is 1. The van der Waals surface area contributed by atoms with E-state index in [1.54, 1.807) is 0 Å². The number of hydrogen-bond acceptors (Lipinski definition) is 2. The maximum atomic E-state index is 5.91. The van der Waals surface area contributed by atoms with Crippen molar-refractivity contribution in [2.45, 2.75) is 38.6 Å². The molecule has 0 amide bonds. The van der Waals surface area contributed by atoms with Gasteiger partial charge in [0.2, 0.25) is 0 Å². The Balaban J connectivity index is 2.00. The number of hydrogen-bond donors (Lipinski definition) is 1. The van der Waals surface area contributed by atoms with Crippen LogP contribution in [0.25, 0.3) is 0 Å². The molecule has 0 aromatic carbocycles. The Kier molecular flexibility index (Phi) is 1.91. The zero-order valence-corrected chi connectivity index (χ0v) is 8.68. The number of nitrogens with one attached hydrogen (secondary N) is 1. The lowest BCUT2D eigenvalue weighted by Crippen LogP contribution is -2.22. The molecule has 2 nitrogen and oxygen atoms in total. The molecule has 1 aliphatic heterocycles. The van der Waals surface area contributed by atoms with Crippen LogP contribution in [0.2, 0.25) is 0 Å². The summed E-state index contributed by atoms with van der Waals surface area (Å²) in [6.07, 6.45) is 4.91. The van der Waals surface area contributed by atoms with Gasteiger partial charge in [-0.1, -0.05) is 6.92 Å². The van der Waals surface area contributed by atoms with Gasteiger partial charge < -0.3 is 9.73 Å². The highest BCUT2D eigenvalue weighted by Gasteiger charge is 2.35. The van der Waals surface area contributed by atoms with Gasteiger partial charge in [0.15, 0.2) is 0 Å². The normalized spacial score (nSPS) is 30.1. The van der Waals surface area contributed by atoms with E-state index < -0.39 is 0 Å². The Hall–Kier alpha value is -0.760. The second-order valence-corrected chi connectivity index (χ2v) is 4.47. The second-order valence-electron chi connectivity index (χ2n) is 4.47. The van der Waals surface area contributed by atoms with Crippen molar-refractivity contribution in [3.05, 3.63) is 23.2 Å². The lowest BCUT2D eigenvalue weighted by atomic mass is 9.85. The Morgan fingerprint density at radius 3 is 3.29 bits per heavy atom. The minimum atomic E-state index is 0.527. The highest BCUT2D eigenvalue weighted by atomic mass is 16.3. The van der Waals surface area contributed by atoms with Crippen molar-refractivity contribution in [2.75, 3.05) is 6.54 Å². The molecule has 14 heavy (non-hydrogen) atoms. The quantitative estimate of drug-likeness (QED) is 0.737. The average molecular weight is 191 g/mol. The Morgan fingerprint density at radius 2 is 2.43 bits per heavy atom. The van der Waals surface area contributed by atoms with Gasteiger partial charge in [-0.3, -0.25) is 0 Å². The third-order valence-corrected chi connectivity index (χ3v) is 3.66. The molecular weight excluding hydrogens is 174 g/mol. The summed E-state index contributed by atoms with van der Waals surface area (Å²) in [6.45, 7) is 3.32. The molecule has 1 N–H and O–H groups in total. The third-order valence-electron chi connectivity index (χ3n) is 3.66. The summed E-state index contributed by atoms with van der Waals surface area (Å²) in [6, 6.07) is 2.78. The highest BCUT2D eigenvalue weighted by Crippen LogP contribution is 2.40. The molecule has 1 aromatic rings. The van der Waals surface area contributed by atoms with Crippen molar-refractivity contribution in [3.8, 4) is 0 Å². The van der Waals surface area contributed by atoms with Crippen LogP contribution < -0.4 is 5.32 Å². The topological polar surface area (TPSA) is 25.2 Å². The molecule has 3 rings (SSSR count). The first-order valence-electron chi connectivity index (χ1n) is 5.73. The summed E-state index contributed by atoms with van der Waals surface area (Å²) in [5.74, 6) is 3.23. The Labute approximate surface area is 84.7 Å². The van der Waals surface area contributed by atoms with E-state index in [0.717, 1.165) is 24.6 Å². The molecule has 0 saturated carbocycles. The Bertz CT molecular complexity index is 342.